The Morgan fingerprint density at radius 3 is 2.69 bits per heavy atom. The molecule has 3 nitrogen and oxygen atoms in total. The molecule has 16 heavy (non-hydrogen) atoms. The number of nitrogens with zero attached hydrogens (tertiary/aromatic N) is 2. The molecule has 88 valence electrons. The summed E-state index contributed by atoms with van der Waals surface area (Å²) < 4.78 is 0. The fourth-order valence-electron chi connectivity index (χ4n) is 1.83. The maximum Gasteiger partial charge on any atom is 0.128 e. The smallest absolute Gasteiger partial charge is 0.128 e. The van der Waals surface area contributed by atoms with Crippen LogP contribution in [-0.2, 0) is 6.54 Å². The number of nitrogens with one attached hydrogen (secondary N) is 1. The van der Waals surface area contributed by atoms with Gasteiger partial charge < -0.3 is 10.2 Å². The maximum atomic E-state index is 4.68. The lowest BCUT2D eigenvalue weighted by Gasteiger charge is -2.20. The van der Waals surface area contributed by atoms with Gasteiger partial charge >= 0.3 is 0 Å². The Labute approximate surface area is 97.9 Å². The number of hydrogen-bond acceptors (Lipinski definition) is 3. The molecular formula is C13H21N3. The van der Waals surface area contributed by atoms with Gasteiger partial charge in [-0.2, -0.15) is 0 Å². The van der Waals surface area contributed by atoms with E-state index in [0.717, 1.165) is 37.2 Å². The zero-order valence-corrected chi connectivity index (χ0v) is 10.2. The molecule has 1 aromatic rings. The highest BCUT2D eigenvalue weighted by Crippen LogP contribution is 2.19. The number of aromatic nitrogens is 1. The Morgan fingerprint density at radius 1 is 1.31 bits per heavy atom. The molecule has 1 fully saturated rings. The van der Waals surface area contributed by atoms with Crippen LogP contribution in [0.15, 0.2) is 18.2 Å². The van der Waals surface area contributed by atoms with E-state index in [1.54, 1.807) is 0 Å². The van der Waals surface area contributed by atoms with Gasteiger partial charge in [-0.1, -0.05) is 6.07 Å². The minimum absolute atomic E-state index is 0.749. The van der Waals surface area contributed by atoms with Crippen molar-refractivity contribution in [1.29, 1.82) is 0 Å². The minimum atomic E-state index is 0.749. The van der Waals surface area contributed by atoms with Crippen LogP contribution < -0.4 is 10.2 Å². The molecule has 0 aliphatic heterocycles. The third kappa shape index (κ3) is 2.95. The second-order valence-electron chi connectivity index (χ2n) is 4.31. The van der Waals surface area contributed by atoms with Crippen molar-refractivity contribution >= 4 is 5.82 Å². The van der Waals surface area contributed by atoms with Crippen molar-refractivity contribution < 1.29 is 0 Å². The fourth-order valence-corrected chi connectivity index (χ4v) is 1.83. The molecule has 0 saturated heterocycles. The Kier molecular flexibility index (Phi) is 3.78. The summed E-state index contributed by atoms with van der Waals surface area (Å²) in [4.78, 5) is 6.96. The van der Waals surface area contributed by atoms with Gasteiger partial charge in [0.25, 0.3) is 0 Å². The molecule has 1 heterocycles. The average molecular weight is 219 g/mol. The molecule has 0 amide bonds. The maximum absolute atomic E-state index is 4.68. The third-order valence-corrected chi connectivity index (χ3v) is 3.03. The van der Waals surface area contributed by atoms with Crippen LogP contribution in [-0.4, -0.2) is 24.1 Å². The van der Waals surface area contributed by atoms with Gasteiger partial charge in [-0.25, -0.2) is 4.98 Å². The van der Waals surface area contributed by atoms with Crippen LogP contribution in [0.25, 0.3) is 0 Å². The van der Waals surface area contributed by atoms with Crippen molar-refractivity contribution in [2.24, 2.45) is 0 Å². The van der Waals surface area contributed by atoms with Gasteiger partial charge in [-0.05, 0) is 38.8 Å². The quantitative estimate of drug-likeness (QED) is 0.795. The molecule has 1 aromatic heterocycles. The zero-order chi connectivity index (χ0) is 11.4. The van der Waals surface area contributed by atoms with Gasteiger partial charge in [0, 0.05) is 25.7 Å². The lowest BCUT2D eigenvalue weighted by molar-refractivity contribution is 0.672. The van der Waals surface area contributed by atoms with Crippen LogP contribution >= 0.6 is 0 Å². The normalized spacial score (nSPS) is 15.1. The fraction of sp³-hybridized carbons (Fsp3) is 0.615. The Balaban J connectivity index is 1.99. The Hall–Kier alpha value is -1.09. The summed E-state index contributed by atoms with van der Waals surface area (Å²) in [5, 5.41) is 3.49. The molecule has 3 heteroatoms. The largest absolute Gasteiger partial charge is 0.357 e. The Bertz CT molecular complexity index is 330. The SMILES string of the molecule is CCN(CC)c1cccc(CNC2CC2)n1. The van der Waals surface area contributed by atoms with Gasteiger partial charge in [0.05, 0.1) is 5.69 Å². The summed E-state index contributed by atoms with van der Waals surface area (Å²) in [5.74, 6) is 1.10. The number of hydrogen-bond donors (Lipinski definition) is 1. The summed E-state index contributed by atoms with van der Waals surface area (Å²) in [5.41, 5.74) is 1.15. The van der Waals surface area contributed by atoms with E-state index in [1.165, 1.54) is 12.8 Å². The highest BCUT2D eigenvalue weighted by molar-refractivity contribution is 5.38. The summed E-state index contributed by atoms with van der Waals surface area (Å²) in [6, 6.07) is 7.04. The van der Waals surface area contributed by atoms with Crippen molar-refractivity contribution in [2.75, 3.05) is 18.0 Å². The van der Waals surface area contributed by atoms with Gasteiger partial charge in [0.15, 0.2) is 0 Å². The predicted molar refractivity (Wildman–Crippen MR) is 67.7 cm³/mol. The first-order valence-corrected chi connectivity index (χ1v) is 6.27. The summed E-state index contributed by atoms with van der Waals surface area (Å²) in [6.07, 6.45) is 2.66. The van der Waals surface area contributed by atoms with E-state index >= 15 is 0 Å². The molecule has 0 bridgehead atoms. The summed E-state index contributed by atoms with van der Waals surface area (Å²) in [6.45, 7) is 7.27. The number of pyridine rings is 1. The summed E-state index contributed by atoms with van der Waals surface area (Å²) >= 11 is 0. The lowest BCUT2D eigenvalue weighted by atomic mass is 10.3. The van der Waals surface area contributed by atoms with Crippen molar-refractivity contribution in [3.8, 4) is 0 Å². The topological polar surface area (TPSA) is 28.2 Å². The van der Waals surface area contributed by atoms with E-state index in [0.29, 0.717) is 0 Å². The summed E-state index contributed by atoms with van der Waals surface area (Å²) in [7, 11) is 0. The van der Waals surface area contributed by atoms with Gasteiger partial charge in [0.2, 0.25) is 0 Å². The van der Waals surface area contributed by atoms with Crippen LogP contribution in [0, 0.1) is 0 Å². The highest BCUT2D eigenvalue weighted by Gasteiger charge is 2.20. The van der Waals surface area contributed by atoms with E-state index in [-0.39, 0.29) is 0 Å². The van der Waals surface area contributed by atoms with Crippen LogP contribution in [0.4, 0.5) is 5.82 Å². The molecule has 1 N–H and O–H groups in total. The molecule has 0 spiro atoms. The van der Waals surface area contributed by atoms with Gasteiger partial charge in [-0.3, -0.25) is 0 Å². The molecule has 0 unspecified atom stereocenters. The molecule has 2 rings (SSSR count). The van der Waals surface area contributed by atoms with E-state index in [1.807, 2.05) is 0 Å². The van der Waals surface area contributed by atoms with Crippen molar-refractivity contribution in [3.05, 3.63) is 23.9 Å². The van der Waals surface area contributed by atoms with Crippen molar-refractivity contribution in [2.45, 2.75) is 39.3 Å². The first-order valence-electron chi connectivity index (χ1n) is 6.27. The van der Waals surface area contributed by atoms with Crippen LogP contribution in [0.3, 0.4) is 0 Å². The molecule has 0 radical (unpaired) electrons. The monoisotopic (exact) mass is 219 g/mol. The minimum Gasteiger partial charge on any atom is -0.357 e. The first kappa shape index (κ1) is 11.4. The van der Waals surface area contributed by atoms with Crippen LogP contribution in [0.1, 0.15) is 32.4 Å². The Morgan fingerprint density at radius 2 is 2.06 bits per heavy atom. The third-order valence-electron chi connectivity index (χ3n) is 3.03. The second kappa shape index (κ2) is 5.30. The highest BCUT2D eigenvalue weighted by atomic mass is 15.2. The number of anilines is 1. The van der Waals surface area contributed by atoms with Crippen LogP contribution in [0.2, 0.25) is 0 Å². The molecule has 0 aromatic carbocycles. The average Bonchev–Trinajstić information content (AvgIpc) is 3.13. The molecule has 1 aliphatic rings. The molecule has 1 saturated carbocycles. The van der Waals surface area contributed by atoms with Gasteiger partial charge in [-0.15, -0.1) is 0 Å². The van der Waals surface area contributed by atoms with E-state index in [2.05, 4.69) is 47.2 Å². The zero-order valence-electron chi connectivity index (χ0n) is 10.2. The first-order chi connectivity index (χ1) is 7.83. The van der Waals surface area contributed by atoms with Crippen molar-refractivity contribution in [1.82, 2.24) is 10.3 Å². The molecule has 1 aliphatic carbocycles. The van der Waals surface area contributed by atoms with Gasteiger partial charge in [0.1, 0.15) is 5.82 Å². The second-order valence-corrected chi connectivity index (χ2v) is 4.31. The standard InChI is InChI=1S/C13H21N3/c1-3-16(4-2)13-7-5-6-12(15-13)10-14-11-8-9-11/h5-7,11,14H,3-4,8-10H2,1-2H3. The van der Waals surface area contributed by atoms with Crippen LogP contribution in [0.5, 0.6) is 0 Å². The lowest BCUT2D eigenvalue weighted by Crippen LogP contribution is -2.24. The molecule has 0 atom stereocenters. The predicted octanol–water partition coefficient (Wildman–Crippen LogP) is 2.18. The number of rotatable bonds is 6. The van der Waals surface area contributed by atoms with E-state index < -0.39 is 0 Å². The van der Waals surface area contributed by atoms with E-state index in [9.17, 15) is 0 Å². The molecular weight excluding hydrogens is 198 g/mol. The van der Waals surface area contributed by atoms with E-state index in [4.69, 9.17) is 0 Å². The van der Waals surface area contributed by atoms with Crippen molar-refractivity contribution in [3.63, 3.8) is 0 Å².